The minimum atomic E-state index is 0.821. The SMILES string of the molecule is COc1ccc2nc(-c3cccc(N4c5ccccc5Oc5ccccc54)c3)cc(-c3c(C)cccc3C)c2c1. The Kier molecular flexibility index (Phi) is 5.75. The number of aryl methyl sites for hydroxylation is 2. The summed E-state index contributed by atoms with van der Waals surface area (Å²) in [5, 5.41) is 1.08. The number of para-hydroxylation sites is 4. The first-order valence-corrected chi connectivity index (χ1v) is 13.4. The first kappa shape index (κ1) is 24.0. The molecule has 0 spiro atoms. The van der Waals surface area contributed by atoms with Gasteiger partial charge in [-0.1, -0.05) is 54.6 Å². The number of aromatic nitrogens is 1. The number of pyridine rings is 1. The Bertz CT molecular complexity index is 1840. The van der Waals surface area contributed by atoms with Crippen molar-refractivity contribution in [1.29, 1.82) is 0 Å². The zero-order chi connectivity index (χ0) is 27.2. The van der Waals surface area contributed by atoms with Crippen molar-refractivity contribution in [1.82, 2.24) is 4.98 Å². The molecule has 0 unspecified atom stereocenters. The molecule has 4 nitrogen and oxygen atoms in total. The number of fused-ring (bicyclic) bond motifs is 3. The van der Waals surface area contributed by atoms with E-state index in [-0.39, 0.29) is 0 Å². The molecule has 1 aliphatic heterocycles. The number of rotatable bonds is 4. The number of benzene rings is 5. The standard InChI is InChI=1S/C36H28N2O2/c1-23-10-8-11-24(2)36(23)29-22-31(37-30-19-18-27(39-3)21-28(29)30)25-12-9-13-26(20-25)38-32-14-4-6-16-34(32)40-35-17-7-5-15-33(35)38/h4-22H,1-3H3. The molecule has 0 saturated carbocycles. The van der Waals surface area contributed by atoms with Crippen LogP contribution in [-0.4, -0.2) is 12.1 Å². The molecule has 0 amide bonds. The lowest BCUT2D eigenvalue weighted by Crippen LogP contribution is -2.15. The second-order valence-electron chi connectivity index (χ2n) is 10.1. The van der Waals surface area contributed by atoms with Crippen LogP contribution in [0.3, 0.4) is 0 Å². The Hall–Kier alpha value is -5.09. The minimum Gasteiger partial charge on any atom is -0.497 e. The number of methoxy groups -OCH3 is 1. The summed E-state index contributed by atoms with van der Waals surface area (Å²) in [4.78, 5) is 7.40. The van der Waals surface area contributed by atoms with Crippen molar-refractivity contribution < 1.29 is 9.47 Å². The number of hydrogen-bond acceptors (Lipinski definition) is 4. The molecule has 0 radical (unpaired) electrons. The van der Waals surface area contributed by atoms with Crippen molar-refractivity contribution in [3.8, 4) is 39.6 Å². The molecule has 2 heterocycles. The second-order valence-corrected chi connectivity index (χ2v) is 10.1. The van der Waals surface area contributed by atoms with Gasteiger partial charge in [-0.2, -0.15) is 0 Å². The van der Waals surface area contributed by atoms with Gasteiger partial charge in [0.05, 0.1) is 29.7 Å². The predicted molar refractivity (Wildman–Crippen MR) is 163 cm³/mol. The normalized spacial score (nSPS) is 12.0. The maximum Gasteiger partial charge on any atom is 0.151 e. The van der Waals surface area contributed by atoms with Crippen LogP contribution in [0.25, 0.3) is 33.3 Å². The van der Waals surface area contributed by atoms with Crippen LogP contribution in [0.15, 0.2) is 115 Å². The minimum absolute atomic E-state index is 0.821. The van der Waals surface area contributed by atoms with Gasteiger partial charge in [0.25, 0.3) is 0 Å². The van der Waals surface area contributed by atoms with Gasteiger partial charge in [-0.25, -0.2) is 4.98 Å². The molecule has 1 aromatic heterocycles. The Morgan fingerprint density at radius 3 is 2.05 bits per heavy atom. The molecule has 194 valence electrons. The lowest BCUT2D eigenvalue weighted by Gasteiger charge is -2.33. The number of nitrogens with zero attached hydrogens (tertiary/aromatic N) is 2. The van der Waals surface area contributed by atoms with E-state index in [0.717, 1.165) is 62.0 Å². The molecule has 4 heteroatoms. The van der Waals surface area contributed by atoms with Gasteiger partial charge in [0.1, 0.15) is 5.75 Å². The quantitative estimate of drug-likeness (QED) is 0.231. The van der Waals surface area contributed by atoms with E-state index < -0.39 is 0 Å². The topological polar surface area (TPSA) is 34.6 Å². The fourth-order valence-electron chi connectivity index (χ4n) is 5.71. The Labute approximate surface area is 234 Å². The third kappa shape index (κ3) is 3.97. The van der Waals surface area contributed by atoms with Crippen LogP contribution < -0.4 is 14.4 Å². The fraction of sp³-hybridized carbons (Fsp3) is 0.0833. The Balaban J connectivity index is 1.43. The third-order valence-corrected chi connectivity index (χ3v) is 7.60. The van der Waals surface area contributed by atoms with E-state index in [1.807, 2.05) is 48.5 Å². The van der Waals surface area contributed by atoms with Gasteiger partial charge in [0, 0.05) is 16.6 Å². The lowest BCUT2D eigenvalue weighted by molar-refractivity contribution is 0.415. The van der Waals surface area contributed by atoms with Crippen molar-refractivity contribution in [3.05, 3.63) is 126 Å². The van der Waals surface area contributed by atoms with E-state index in [1.165, 1.54) is 16.7 Å². The molecule has 0 saturated heterocycles. The first-order chi connectivity index (χ1) is 19.6. The summed E-state index contributed by atoms with van der Waals surface area (Å²) in [5.74, 6) is 2.49. The first-order valence-electron chi connectivity index (χ1n) is 13.4. The van der Waals surface area contributed by atoms with Crippen molar-refractivity contribution >= 4 is 28.0 Å². The largest absolute Gasteiger partial charge is 0.497 e. The highest BCUT2D eigenvalue weighted by atomic mass is 16.5. The van der Waals surface area contributed by atoms with Gasteiger partial charge >= 0.3 is 0 Å². The van der Waals surface area contributed by atoms with E-state index in [9.17, 15) is 0 Å². The molecule has 7 rings (SSSR count). The highest BCUT2D eigenvalue weighted by molar-refractivity contribution is 5.99. The van der Waals surface area contributed by atoms with Crippen molar-refractivity contribution in [2.45, 2.75) is 13.8 Å². The summed E-state index contributed by atoms with van der Waals surface area (Å²) in [5.41, 5.74) is 10.8. The third-order valence-electron chi connectivity index (χ3n) is 7.60. The molecular weight excluding hydrogens is 492 g/mol. The van der Waals surface area contributed by atoms with Crippen LogP contribution in [0.1, 0.15) is 11.1 Å². The molecular formula is C36H28N2O2. The summed E-state index contributed by atoms with van der Waals surface area (Å²) in [6, 6.07) is 39.7. The number of ether oxygens (including phenoxy) is 2. The molecule has 0 atom stereocenters. The van der Waals surface area contributed by atoms with Crippen LogP contribution in [0.5, 0.6) is 17.2 Å². The molecule has 1 aliphatic rings. The molecule has 6 aromatic rings. The van der Waals surface area contributed by atoms with Crippen LogP contribution in [0.4, 0.5) is 17.1 Å². The zero-order valence-electron chi connectivity index (χ0n) is 22.7. The maximum atomic E-state index is 6.23. The van der Waals surface area contributed by atoms with Gasteiger partial charge in [0.15, 0.2) is 11.5 Å². The Morgan fingerprint density at radius 1 is 0.675 bits per heavy atom. The van der Waals surface area contributed by atoms with Crippen LogP contribution in [0, 0.1) is 13.8 Å². The monoisotopic (exact) mass is 520 g/mol. The van der Waals surface area contributed by atoms with Gasteiger partial charge in [-0.15, -0.1) is 0 Å². The summed E-state index contributed by atoms with van der Waals surface area (Å²) >= 11 is 0. The average Bonchev–Trinajstić information content (AvgIpc) is 2.99. The van der Waals surface area contributed by atoms with Crippen molar-refractivity contribution in [3.63, 3.8) is 0 Å². The highest BCUT2D eigenvalue weighted by Crippen LogP contribution is 2.50. The molecule has 0 fully saturated rings. The summed E-state index contributed by atoms with van der Waals surface area (Å²) < 4.78 is 11.8. The smallest absolute Gasteiger partial charge is 0.151 e. The van der Waals surface area contributed by atoms with E-state index in [2.05, 4.69) is 85.5 Å². The van der Waals surface area contributed by atoms with Gasteiger partial charge in [-0.3, -0.25) is 0 Å². The van der Waals surface area contributed by atoms with Crippen molar-refractivity contribution in [2.75, 3.05) is 12.0 Å². The molecule has 0 N–H and O–H groups in total. The fourth-order valence-corrected chi connectivity index (χ4v) is 5.71. The summed E-state index contributed by atoms with van der Waals surface area (Å²) in [6.45, 7) is 4.34. The van der Waals surface area contributed by atoms with Gasteiger partial charge in [-0.05, 0) is 96.8 Å². The predicted octanol–water partition coefficient (Wildman–Crippen LogP) is 9.77. The Morgan fingerprint density at radius 2 is 1.35 bits per heavy atom. The average molecular weight is 521 g/mol. The maximum absolute atomic E-state index is 6.23. The lowest BCUT2D eigenvalue weighted by atomic mass is 9.92. The number of anilines is 3. The van der Waals surface area contributed by atoms with Crippen LogP contribution in [0.2, 0.25) is 0 Å². The van der Waals surface area contributed by atoms with E-state index in [1.54, 1.807) is 7.11 Å². The summed E-state index contributed by atoms with van der Waals surface area (Å²) in [6.07, 6.45) is 0. The van der Waals surface area contributed by atoms with Crippen molar-refractivity contribution in [2.24, 2.45) is 0 Å². The number of hydrogen-bond donors (Lipinski definition) is 0. The molecule has 0 aliphatic carbocycles. The highest BCUT2D eigenvalue weighted by Gasteiger charge is 2.25. The van der Waals surface area contributed by atoms with E-state index in [4.69, 9.17) is 14.5 Å². The van der Waals surface area contributed by atoms with Crippen LogP contribution >= 0.6 is 0 Å². The van der Waals surface area contributed by atoms with Gasteiger partial charge in [0.2, 0.25) is 0 Å². The second kappa shape index (κ2) is 9.58. The molecule has 0 bridgehead atoms. The molecule has 5 aromatic carbocycles. The molecule has 40 heavy (non-hydrogen) atoms. The van der Waals surface area contributed by atoms with Crippen LogP contribution in [-0.2, 0) is 0 Å². The zero-order valence-corrected chi connectivity index (χ0v) is 22.7. The van der Waals surface area contributed by atoms with E-state index >= 15 is 0 Å². The van der Waals surface area contributed by atoms with Gasteiger partial charge < -0.3 is 14.4 Å². The summed E-state index contributed by atoms with van der Waals surface area (Å²) in [7, 11) is 1.70. The van der Waals surface area contributed by atoms with E-state index in [0.29, 0.717) is 0 Å².